The first-order valence-corrected chi connectivity index (χ1v) is 5.83. The summed E-state index contributed by atoms with van der Waals surface area (Å²) in [7, 11) is 1.24. The highest BCUT2D eigenvalue weighted by Crippen LogP contribution is 2.32. The molecule has 0 fully saturated rings. The molecule has 0 amide bonds. The van der Waals surface area contributed by atoms with Gasteiger partial charge in [-0.3, -0.25) is 4.79 Å². The lowest BCUT2D eigenvalue weighted by atomic mass is 9.96. The fraction of sp³-hybridized carbons (Fsp3) is 0.429. The van der Waals surface area contributed by atoms with E-state index in [4.69, 9.17) is 4.74 Å². The minimum Gasteiger partial charge on any atom is -0.479 e. The molecule has 4 heteroatoms. The lowest BCUT2D eigenvalue weighted by Crippen LogP contribution is -2.32. The Bertz CT molecular complexity index is 443. The van der Waals surface area contributed by atoms with Crippen LogP contribution in [-0.4, -0.2) is 24.5 Å². The Morgan fingerprint density at radius 1 is 1.44 bits per heavy atom. The van der Waals surface area contributed by atoms with E-state index in [1.54, 1.807) is 26.0 Å². The molecule has 0 saturated carbocycles. The zero-order valence-corrected chi connectivity index (χ0v) is 11.1. The van der Waals surface area contributed by atoms with Crippen LogP contribution in [0.4, 0.5) is 0 Å². The predicted octanol–water partition coefficient (Wildman–Crippen LogP) is 2.31. The van der Waals surface area contributed by atoms with Crippen LogP contribution in [0.5, 0.6) is 0 Å². The highest BCUT2D eigenvalue weighted by atomic mass is 16.5. The maximum atomic E-state index is 12.1. The van der Waals surface area contributed by atoms with Gasteiger partial charge in [0, 0.05) is 0 Å². The van der Waals surface area contributed by atoms with Crippen molar-refractivity contribution < 1.29 is 19.1 Å². The minimum absolute atomic E-state index is 0.0101. The number of hydrogen-bond donors (Lipinski definition) is 0. The van der Waals surface area contributed by atoms with Crippen molar-refractivity contribution in [2.75, 3.05) is 7.11 Å². The first-order chi connectivity index (χ1) is 8.46. The second-order valence-corrected chi connectivity index (χ2v) is 4.16. The molecule has 0 aliphatic carbocycles. The molecule has 0 N–H and O–H groups in total. The van der Waals surface area contributed by atoms with Crippen LogP contribution in [0.3, 0.4) is 0 Å². The van der Waals surface area contributed by atoms with E-state index in [2.05, 4.69) is 4.74 Å². The lowest BCUT2D eigenvalue weighted by molar-refractivity contribution is -0.138. The standard InChI is InChI=1S/C14H18O4/c1-5-6-7-8-9-14(3)12(15)11(10(2)18-14)13(16)17-4/h6-9H,5H2,1-4H3/b7-6+,9-8+/t14-/m1/s1. The first-order valence-electron chi connectivity index (χ1n) is 5.83. The fourth-order valence-electron chi connectivity index (χ4n) is 1.73. The zero-order valence-electron chi connectivity index (χ0n) is 11.1. The third-order valence-electron chi connectivity index (χ3n) is 2.68. The van der Waals surface area contributed by atoms with Crippen LogP contribution >= 0.6 is 0 Å². The SMILES string of the molecule is CC/C=C/C=C/[C@@]1(C)OC(C)=C(C(=O)OC)C1=O. The number of methoxy groups -OCH3 is 1. The van der Waals surface area contributed by atoms with Gasteiger partial charge in [0.05, 0.1) is 7.11 Å². The second kappa shape index (κ2) is 5.67. The normalized spacial score (nSPS) is 24.1. The van der Waals surface area contributed by atoms with Crippen LogP contribution in [0, 0.1) is 0 Å². The van der Waals surface area contributed by atoms with Gasteiger partial charge in [-0.25, -0.2) is 4.79 Å². The third-order valence-corrected chi connectivity index (χ3v) is 2.68. The van der Waals surface area contributed by atoms with Crippen LogP contribution in [0.25, 0.3) is 0 Å². The molecule has 0 spiro atoms. The van der Waals surface area contributed by atoms with E-state index in [1.807, 2.05) is 19.1 Å². The monoisotopic (exact) mass is 250 g/mol. The van der Waals surface area contributed by atoms with Gasteiger partial charge >= 0.3 is 5.97 Å². The molecule has 0 bridgehead atoms. The number of carbonyl (C=O) groups is 2. The Morgan fingerprint density at radius 3 is 2.67 bits per heavy atom. The van der Waals surface area contributed by atoms with Crippen LogP contribution in [0.1, 0.15) is 27.2 Å². The van der Waals surface area contributed by atoms with Gasteiger partial charge < -0.3 is 9.47 Å². The fourth-order valence-corrected chi connectivity index (χ4v) is 1.73. The molecule has 1 aliphatic rings. The Morgan fingerprint density at radius 2 is 2.11 bits per heavy atom. The smallest absolute Gasteiger partial charge is 0.345 e. The van der Waals surface area contributed by atoms with E-state index in [0.717, 1.165) is 6.42 Å². The highest BCUT2D eigenvalue weighted by molar-refractivity contribution is 6.22. The molecule has 4 nitrogen and oxygen atoms in total. The van der Waals surface area contributed by atoms with Crippen molar-refractivity contribution >= 4 is 11.8 Å². The average molecular weight is 250 g/mol. The topological polar surface area (TPSA) is 52.6 Å². The summed E-state index contributed by atoms with van der Waals surface area (Å²) < 4.78 is 10.1. The molecule has 0 saturated heterocycles. The van der Waals surface area contributed by atoms with Crippen molar-refractivity contribution in [3.05, 3.63) is 35.6 Å². The molecule has 0 aromatic rings. The predicted molar refractivity (Wildman–Crippen MR) is 67.8 cm³/mol. The van der Waals surface area contributed by atoms with Gasteiger partial charge in [-0.15, -0.1) is 0 Å². The summed E-state index contributed by atoms with van der Waals surface area (Å²) in [6.45, 7) is 5.24. The van der Waals surface area contributed by atoms with Crippen LogP contribution in [-0.2, 0) is 19.1 Å². The summed E-state index contributed by atoms with van der Waals surface area (Å²) in [6, 6.07) is 0. The number of ketones is 1. The molecule has 0 aromatic heterocycles. The number of hydrogen-bond acceptors (Lipinski definition) is 4. The maximum Gasteiger partial charge on any atom is 0.345 e. The van der Waals surface area contributed by atoms with Crippen molar-refractivity contribution in [3.63, 3.8) is 0 Å². The van der Waals surface area contributed by atoms with Crippen molar-refractivity contribution in [3.8, 4) is 0 Å². The molecular weight excluding hydrogens is 232 g/mol. The van der Waals surface area contributed by atoms with Crippen molar-refractivity contribution in [1.82, 2.24) is 0 Å². The van der Waals surface area contributed by atoms with Crippen molar-refractivity contribution in [2.24, 2.45) is 0 Å². The molecule has 1 aliphatic heterocycles. The largest absolute Gasteiger partial charge is 0.479 e. The molecule has 0 radical (unpaired) electrons. The van der Waals surface area contributed by atoms with Crippen molar-refractivity contribution in [2.45, 2.75) is 32.8 Å². The highest BCUT2D eigenvalue weighted by Gasteiger charge is 2.45. The Balaban J connectivity index is 2.92. The summed E-state index contributed by atoms with van der Waals surface area (Å²) in [6.07, 6.45) is 8.10. The van der Waals surface area contributed by atoms with E-state index in [-0.39, 0.29) is 11.4 Å². The molecule has 18 heavy (non-hydrogen) atoms. The molecule has 1 heterocycles. The van der Waals surface area contributed by atoms with Gasteiger partial charge in [-0.2, -0.15) is 0 Å². The second-order valence-electron chi connectivity index (χ2n) is 4.16. The molecule has 1 rings (SSSR count). The van der Waals surface area contributed by atoms with E-state index < -0.39 is 11.6 Å². The average Bonchev–Trinajstić information content (AvgIpc) is 2.55. The number of Topliss-reactive ketones (excluding diaryl/α,β-unsaturated/α-hetero) is 1. The van der Waals surface area contributed by atoms with Gasteiger partial charge in [-0.1, -0.05) is 25.2 Å². The summed E-state index contributed by atoms with van der Waals surface area (Å²) in [5, 5.41) is 0. The zero-order chi connectivity index (χ0) is 13.8. The lowest BCUT2D eigenvalue weighted by Gasteiger charge is -2.18. The van der Waals surface area contributed by atoms with E-state index in [9.17, 15) is 9.59 Å². The van der Waals surface area contributed by atoms with Crippen molar-refractivity contribution in [1.29, 1.82) is 0 Å². The van der Waals surface area contributed by atoms with Gasteiger partial charge in [0.1, 0.15) is 11.3 Å². The number of allylic oxidation sites excluding steroid dienone is 4. The molecule has 0 unspecified atom stereocenters. The summed E-state index contributed by atoms with van der Waals surface area (Å²) in [4.78, 5) is 23.6. The van der Waals surface area contributed by atoms with Crippen LogP contribution < -0.4 is 0 Å². The van der Waals surface area contributed by atoms with Crippen LogP contribution in [0.2, 0.25) is 0 Å². The molecular formula is C14H18O4. The number of rotatable bonds is 4. The quantitative estimate of drug-likeness (QED) is 0.436. The van der Waals surface area contributed by atoms with E-state index in [1.165, 1.54) is 7.11 Å². The van der Waals surface area contributed by atoms with Crippen LogP contribution in [0.15, 0.2) is 35.6 Å². The van der Waals surface area contributed by atoms with E-state index >= 15 is 0 Å². The molecule has 98 valence electrons. The van der Waals surface area contributed by atoms with Gasteiger partial charge in [0.25, 0.3) is 0 Å². The van der Waals surface area contributed by atoms with Gasteiger partial charge in [-0.05, 0) is 26.3 Å². The number of ether oxygens (including phenoxy) is 2. The van der Waals surface area contributed by atoms with Gasteiger partial charge in [0.15, 0.2) is 5.60 Å². The summed E-state index contributed by atoms with van der Waals surface area (Å²) in [5.74, 6) is -0.717. The Kier molecular flexibility index (Phi) is 4.48. The maximum absolute atomic E-state index is 12.1. The third kappa shape index (κ3) is 2.70. The van der Waals surface area contributed by atoms with E-state index in [0.29, 0.717) is 5.76 Å². The number of carbonyl (C=O) groups excluding carboxylic acids is 2. The summed E-state index contributed by atoms with van der Waals surface area (Å²) >= 11 is 0. The molecule has 0 aromatic carbocycles. The Hall–Kier alpha value is -1.84. The number of esters is 1. The summed E-state index contributed by atoms with van der Waals surface area (Å²) in [5.41, 5.74) is -1.13. The minimum atomic E-state index is -1.12. The molecule has 1 atom stereocenters. The van der Waals surface area contributed by atoms with Gasteiger partial charge in [0.2, 0.25) is 5.78 Å². The Labute approximate surface area is 107 Å². The first kappa shape index (κ1) is 14.2.